The third-order valence-corrected chi connectivity index (χ3v) is 4.41. The summed E-state index contributed by atoms with van der Waals surface area (Å²) in [5, 5.41) is 8.80. The lowest BCUT2D eigenvalue weighted by Crippen LogP contribution is -2.35. The van der Waals surface area contributed by atoms with Gasteiger partial charge in [0.25, 0.3) is 0 Å². The summed E-state index contributed by atoms with van der Waals surface area (Å²) in [7, 11) is -3.33. The van der Waals surface area contributed by atoms with Crippen LogP contribution in [0.25, 0.3) is 0 Å². The predicted octanol–water partition coefficient (Wildman–Crippen LogP) is -0.681. The number of carbonyl (C=O) groups is 2. The van der Waals surface area contributed by atoms with Crippen LogP contribution in [0.15, 0.2) is 0 Å². The molecule has 0 aromatic carbocycles. The first-order chi connectivity index (χ1) is 8.68. The van der Waals surface area contributed by atoms with Gasteiger partial charge in [-0.25, -0.2) is 8.42 Å². The Kier molecular flexibility index (Phi) is 7.62. The number of rotatable bonds is 10. The Labute approximate surface area is 113 Å². The molecule has 0 rings (SSSR count). The molecule has 0 saturated heterocycles. The van der Waals surface area contributed by atoms with Gasteiger partial charge in [-0.05, 0) is 6.54 Å². The lowest BCUT2D eigenvalue weighted by atomic mass is 10.2. The second-order valence-corrected chi connectivity index (χ2v) is 6.80. The van der Waals surface area contributed by atoms with Gasteiger partial charge in [-0.1, -0.05) is 13.8 Å². The largest absolute Gasteiger partial charge is 0.481 e. The number of nitrogens with zero attached hydrogens (tertiary/aromatic N) is 1. The van der Waals surface area contributed by atoms with E-state index in [0.29, 0.717) is 13.1 Å². The minimum Gasteiger partial charge on any atom is -0.481 e. The third kappa shape index (κ3) is 8.55. The average molecular weight is 294 g/mol. The van der Waals surface area contributed by atoms with Crippen molar-refractivity contribution in [3.63, 3.8) is 0 Å². The number of nitrogens with two attached hydrogens (primary N) is 1. The number of hydrogen-bond donors (Lipinski definition) is 2. The summed E-state index contributed by atoms with van der Waals surface area (Å²) in [6.45, 7) is 4.55. The van der Waals surface area contributed by atoms with Gasteiger partial charge >= 0.3 is 5.97 Å². The van der Waals surface area contributed by atoms with Crippen molar-refractivity contribution in [2.45, 2.75) is 20.3 Å². The lowest BCUT2D eigenvalue weighted by Gasteiger charge is -2.22. The molecule has 19 heavy (non-hydrogen) atoms. The molecule has 0 spiro atoms. The Balaban J connectivity index is 4.26. The number of carboxylic acid groups (broad SMARTS) is 1. The van der Waals surface area contributed by atoms with Crippen LogP contribution in [0.1, 0.15) is 20.3 Å². The second-order valence-electron chi connectivity index (χ2n) is 4.50. The number of primary amides is 1. The lowest BCUT2D eigenvalue weighted by molar-refractivity contribution is -0.141. The zero-order chi connectivity index (χ0) is 15.1. The van der Waals surface area contributed by atoms with Crippen LogP contribution >= 0.6 is 0 Å². The maximum atomic E-state index is 11.6. The molecular formula is C11H22N2O5S. The van der Waals surface area contributed by atoms with Gasteiger partial charge in [0.15, 0.2) is 9.84 Å². The molecule has 0 aliphatic carbocycles. The van der Waals surface area contributed by atoms with Gasteiger partial charge in [0.1, 0.15) is 0 Å². The first-order valence-corrected chi connectivity index (χ1v) is 7.94. The van der Waals surface area contributed by atoms with E-state index < -0.39 is 27.6 Å². The highest BCUT2D eigenvalue weighted by Gasteiger charge is 2.18. The normalized spacial score (nSPS) is 13.4. The standard InChI is InChI=1S/C11H22N2O5S/c1-3-13(8-9(2)11(15)16)5-7-19(17,18)6-4-10(12)14/h9H,3-8H2,1-2H3,(H2,12,14)(H,15,16). The van der Waals surface area contributed by atoms with E-state index in [0.717, 1.165) is 0 Å². The molecule has 0 aromatic heterocycles. The van der Waals surface area contributed by atoms with Gasteiger partial charge in [-0.3, -0.25) is 9.59 Å². The molecule has 1 amide bonds. The van der Waals surface area contributed by atoms with Crippen molar-refractivity contribution < 1.29 is 23.1 Å². The van der Waals surface area contributed by atoms with E-state index >= 15 is 0 Å². The van der Waals surface area contributed by atoms with Gasteiger partial charge in [0, 0.05) is 19.5 Å². The minimum absolute atomic E-state index is 0.0968. The van der Waals surface area contributed by atoms with Crippen LogP contribution in [-0.4, -0.2) is 61.4 Å². The van der Waals surface area contributed by atoms with Gasteiger partial charge in [-0.15, -0.1) is 0 Å². The molecule has 0 saturated carbocycles. The highest BCUT2D eigenvalue weighted by molar-refractivity contribution is 7.91. The summed E-state index contributed by atoms with van der Waals surface area (Å²) in [6, 6.07) is 0. The predicted molar refractivity (Wildman–Crippen MR) is 71.4 cm³/mol. The quantitative estimate of drug-likeness (QED) is 0.551. The van der Waals surface area contributed by atoms with E-state index in [1.165, 1.54) is 0 Å². The average Bonchev–Trinajstić information content (AvgIpc) is 2.31. The molecular weight excluding hydrogens is 272 g/mol. The molecule has 0 fully saturated rings. The third-order valence-electron chi connectivity index (χ3n) is 2.78. The van der Waals surface area contributed by atoms with Gasteiger partial charge in [0.2, 0.25) is 5.91 Å². The van der Waals surface area contributed by atoms with Crippen molar-refractivity contribution in [3.05, 3.63) is 0 Å². The Morgan fingerprint density at radius 2 is 1.89 bits per heavy atom. The summed E-state index contributed by atoms with van der Waals surface area (Å²) < 4.78 is 23.2. The fraction of sp³-hybridized carbons (Fsp3) is 0.818. The van der Waals surface area contributed by atoms with Gasteiger partial charge in [-0.2, -0.15) is 0 Å². The molecule has 8 heteroatoms. The van der Waals surface area contributed by atoms with Crippen molar-refractivity contribution in [2.24, 2.45) is 11.7 Å². The van der Waals surface area contributed by atoms with Crippen molar-refractivity contribution in [1.29, 1.82) is 0 Å². The molecule has 7 nitrogen and oxygen atoms in total. The summed E-state index contributed by atoms with van der Waals surface area (Å²) in [6.07, 6.45) is -0.181. The summed E-state index contributed by atoms with van der Waals surface area (Å²) in [5.41, 5.74) is 4.90. The van der Waals surface area contributed by atoms with E-state index in [4.69, 9.17) is 10.8 Å². The number of aliphatic carboxylic acids is 1. The smallest absolute Gasteiger partial charge is 0.307 e. The molecule has 1 unspecified atom stereocenters. The van der Waals surface area contributed by atoms with Crippen molar-refractivity contribution in [2.75, 3.05) is 31.1 Å². The highest BCUT2D eigenvalue weighted by Crippen LogP contribution is 2.02. The molecule has 0 aromatic rings. The van der Waals surface area contributed by atoms with E-state index in [1.807, 2.05) is 6.92 Å². The zero-order valence-electron chi connectivity index (χ0n) is 11.3. The summed E-state index contributed by atoms with van der Waals surface area (Å²) in [4.78, 5) is 23.0. The SMILES string of the molecule is CCN(CCS(=O)(=O)CCC(N)=O)CC(C)C(=O)O. The van der Waals surface area contributed by atoms with Crippen LogP contribution in [0, 0.1) is 5.92 Å². The van der Waals surface area contributed by atoms with Crippen LogP contribution in [0.4, 0.5) is 0 Å². The van der Waals surface area contributed by atoms with E-state index in [1.54, 1.807) is 11.8 Å². The molecule has 3 N–H and O–H groups in total. The minimum atomic E-state index is -3.33. The number of carboxylic acids is 1. The van der Waals surface area contributed by atoms with Crippen LogP contribution < -0.4 is 5.73 Å². The number of hydrogen-bond acceptors (Lipinski definition) is 5. The maximum absolute atomic E-state index is 11.6. The Hall–Kier alpha value is -1.15. The molecule has 1 atom stereocenters. The molecule has 112 valence electrons. The molecule has 0 bridgehead atoms. The van der Waals surface area contributed by atoms with Crippen molar-refractivity contribution in [3.8, 4) is 0 Å². The Morgan fingerprint density at radius 3 is 2.32 bits per heavy atom. The van der Waals surface area contributed by atoms with E-state index in [-0.39, 0.29) is 24.5 Å². The molecule has 0 heterocycles. The molecule has 0 radical (unpaired) electrons. The Bertz CT molecular complexity index is 407. The topological polar surface area (TPSA) is 118 Å². The van der Waals surface area contributed by atoms with E-state index in [2.05, 4.69) is 0 Å². The maximum Gasteiger partial charge on any atom is 0.307 e. The highest BCUT2D eigenvalue weighted by atomic mass is 32.2. The number of amides is 1. The van der Waals surface area contributed by atoms with Crippen LogP contribution in [-0.2, 0) is 19.4 Å². The zero-order valence-corrected chi connectivity index (χ0v) is 12.1. The van der Waals surface area contributed by atoms with Gasteiger partial charge < -0.3 is 15.7 Å². The fourth-order valence-corrected chi connectivity index (χ4v) is 2.72. The number of sulfone groups is 1. The summed E-state index contributed by atoms with van der Waals surface area (Å²) >= 11 is 0. The van der Waals surface area contributed by atoms with Crippen LogP contribution in [0.5, 0.6) is 0 Å². The summed E-state index contributed by atoms with van der Waals surface area (Å²) in [5.74, 6) is -2.45. The second kappa shape index (κ2) is 8.11. The van der Waals surface area contributed by atoms with Crippen molar-refractivity contribution >= 4 is 21.7 Å². The van der Waals surface area contributed by atoms with Crippen LogP contribution in [0.2, 0.25) is 0 Å². The van der Waals surface area contributed by atoms with Crippen molar-refractivity contribution in [1.82, 2.24) is 4.90 Å². The monoisotopic (exact) mass is 294 g/mol. The molecule has 0 aliphatic rings. The van der Waals surface area contributed by atoms with E-state index in [9.17, 15) is 18.0 Å². The first kappa shape index (κ1) is 17.8. The number of carbonyl (C=O) groups excluding carboxylic acids is 1. The fourth-order valence-electron chi connectivity index (χ4n) is 1.47. The first-order valence-electron chi connectivity index (χ1n) is 6.11. The van der Waals surface area contributed by atoms with Crippen LogP contribution in [0.3, 0.4) is 0 Å². The molecule has 0 aliphatic heterocycles. The van der Waals surface area contributed by atoms with Gasteiger partial charge in [0.05, 0.1) is 17.4 Å². The Morgan fingerprint density at radius 1 is 1.32 bits per heavy atom.